The number of carbonyl (C=O) groups excluding carboxylic acids is 1. The van der Waals surface area contributed by atoms with Gasteiger partial charge in [0.05, 0.1) is 17.0 Å². The maximum atomic E-state index is 14.3. The second-order valence-corrected chi connectivity index (χ2v) is 9.74. The predicted molar refractivity (Wildman–Crippen MR) is 130 cm³/mol. The van der Waals surface area contributed by atoms with E-state index in [9.17, 15) is 14.4 Å². The summed E-state index contributed by atoms with van der Waals surface area (Å²) in [5.41, 5.74) is 4.24. The Bertz CT molecular complexity index is 1360. The van der Waals surface area contributed by atoms with Gasteiger partial charge in [-0.05, 0) is 61.2 Å². The number of hydrogen-bond donors (Lipinski definition) is 0. The smallest absolute Gasteiger partial charge is 0.176 e. The second kappa shape index (κ2) is 7.95. The highest BCUT2D eigenvalue weighted by Gasteiger charge is 2.50. The van der Waals surface area contributed by atoms with Gasteiger partial charge < -0.3 is 4.90 Å². The summed E-state index contributed by atoms with van der Waals surface area (Å²) in [6, 6.07) is 16.8. The monoisotopic (exact) mass is 454 g/mol. The molecule has 0 saturated carbocycles. The molecule has 34 heavy (non-hydrogen) atoms. The van der Waals surface area contributed by atoms with E-state index in [1.165, 1.54) is 12.1 Å². The van der Waals surface area contributed by atoms with Crippen LogP contribution < -0.4 is 4.90 Å². The Balaban J connectivity index is 1.77. The van der Waals surface area contributed by atoms with Crippen molar-refractivity contribution in [3.05, 3.63) is 77.4 Å². The highest BCUT2D eigenvalue weighted by molar-refractivity contribution is 6.02. The lowest BCUT2D eigenvalue weighted by atomic mass is 9.58. The van der Waals surface area contributed by atoms with Crippen molar-refractivity contribution in [2.75, 3.05) is 19.0 Å². The van der Waals surface area contributed by atoms with E-state index in [1.807, 2.05) is 66.9 Å². The maximum absolute atomic E-state index is 14.3. The quantitative estimate of drug-likeness (QED) is 0.543. The standard InChI is InChI=1S/C28H27FN4O/c1-17-23-12-13-24-26(28(23,2)15-19(16-30)25(17)34)31-27(18-8-10-21(11-9-18)32(3)4)33(24)22-7-5-6-20(29)14-22/h5-11,14-15,17,23H,12-13H2,1-4H3/t17-,23-,28-/m1/s1. The van der Waals surface area contributed by atoms with E-state index in [-0.39, 0.29) is 29.0 Å². The van der Waals surface area contributed by atoms with Gasteiger partial charge in [-0.2, -0.15) is 5.26 Å². The third kappa shape index (κ3) is 3.27. The number of anilines is 1. The molecule has 2 aliphatic carbocycles. The number of fused-ring (bicyclic) bond motifs is 3. The zero-order chi connectivity index (χ0) is 24.2. The van der Waals surface area contributed by atoms with E-state index in [1.54, 1.807) is 6.07 Å². The second-order valence-electron chi connectivity index (χ2n) is 9.74. The number of Topliss-reactive ketones (excluding diaryl/α,β-unsaturated/α-hetero) is 1. The molecule has 2 aromatic carbocycles. The van der Waals surface area contributed by atoms with Crippen LogP contribution in [0.15, 0.2) is 60.2 Å². The van der Waals surface area contributed by atoms with E-state index in [2.05, 4.69) is 13.0 Å². The molecule has 5 nitrogen and oxygen atoms in total. The highest BCUT2D eigenvalue weighted by Crippen LogP contribution is 2.50. The van der Waals surface area contributed by atoms with Crippen LogP contribution in [0.2, 0.25) is 0 Å². The molecule has 0 saturated heterocycles. The number of imidazole rings is 1. The third-order valence-corrected chi connectivity index (χ3v) is 7.50. The molecule has 3 aromatic rings. The summed E-state index contributed by atoms with van der Waals surface area (Å²) in [5.74, 6) is 0.151. The van der Waals surface area contributed by atoms with Crippen molar-refractivity contribution < 1.29 is 9.18 Å². The van der Waals surface area contributed by atoms with Gasteiger partial charge in [-0.15, -0.1) is 0 Å². The van der Waals surface area contributed by atoms with E-state index in [0.29, 0.717) is 5.69 Å². The number of nitrogens with zero attached hydrogens (tertiary/aromatic N) is 4. The first-order chi connectivity index (χ1) is 16.2. The van der Waals surface area contributed by atoms with Gasteiger partial charge in [-0.1, -0.05) is 26.0 Å². The normalized spacial score (nSPS) is 23.5. The molecule has 5 rings (SSSR count). The van der Waals surface area contributed by atoms with Gasteiger partial charge in [0, 0.05) is 42.4 Å². The van der Waals surface area contributed by atoms with Gasteiger partial charge >= 0.3 is 0 Å². The summed E-state index contributed by atoms with van der Waals surface area (Å²) >= 11 is 0. The Kier molecular flexibility index (Phi) is 5.16. The summed E-state index contributed by atoms with van der Waals surface area (Å²) in [6.45, 7) is 4.00. The molecule has 0 spiro atoms. The van der Waals surface area contributed by atoms with E-state index in [0.717, 1.165) is 41.3 Å². The summed E-state index contributed by atoms with van der Waals surface area (Å²) in [4.78, 5) is 19.9. The molecule has 0 bridgehead atoms. The van der Waals surface area contributed by atoms with Gasteiger partial charge in [-0.25, -0.2) is 9.37 Å². The number of rotatable bonds is 3. The minimum atomic E-state index is -0.553. The number of nitriles is 1. The van der Waals surface area contributed by atoms with Crippen molar-refractivity contribution in [1.29, 1.82) is 5.26 Å². The lowest BCUT2D eigenvalue weighted by Crippen LogP contribution is -2.45. The van der Waals surface area contributed by atoms with Crippen LogP contribution in [0.3, 0.4) is 0 Å². The molecule has 3 atom stereocenters. The first-order valence-electron chi connectivity index (χ1n) is 11.6. The molecule has 0 amide bonds. The number of allylic oxidation sites excluding steroid dienone is 2. The third-order valence-electron chi connectivity index (χ3n) is 7.50. The Hall–Kier alpha value is -3.72. The number of hydrogen-bond acceptors (Lipinski definition) is 4. The van der Waals surface area contributed by atoms with Gasteiger partial charge in [0.25, 0.3) is 0 Å². The topological polar surface area (TPSA) is 61.9 Å². The lowest BCUT2D eigenvalue weighted by Gasteiger charge is -2.44. The summed E-state index contributed by atoms with van der Waals surface area (Å²) < 4.78 is 16.3. The predicted octanol–water partition coefficient (Wildman–Crippen LogP) is 5.23. The van der Waals surface area contributed by atoms with Crippen molar-refractivity contribution >= 4 is 11.5 Å². The SMILES string of the molecule is C[C@H]1C(=O)C(C#N)=C[C@@]2(C)c3nc(-c4ccc(N(C)C)cc4)n(-c4cccc(F)c4)c3CC[C@H]12. The Morgan fingerprint density at radius 1 is 1.21 bits per heavy atom. The molecule has 6 heteroatoms. The van der Waals surface area contributed by atoms with E-state index < -0.39 is 5.41 Å². The Labute approximate surface area is 199 Å². The van der Waals surface area contributed by atoms with Gasteiger partial charge in [0.15, 0.2) is 5.78 Å². The molecule has 0 N–H and O–H groups in total. The fourth-order valence-corrected chi connectivity index (χ4v) is 5.71. The Morgan fingerprint density at radius 2 is 1.94 bits per heavy atom. The molecule has 0 fully saturated rings. The van der Waals surface area contributed by atoms with Crippen LogP contribution in [0.5, 0.6) is 0 Å². The van der Waals surface area contributed by atoms with Crippen molar-refractivity contribution in [2.24, 2.45) is 11.8 Å². The molecule has 0 unspecified atom stereocenters. The zero-order valence-corrected chi connectivity index (χ0v) is 19.8. The molecule has 172 valence electrons. The van der Waals surface area contributed by atoms with Crippen LogP contribution in [0.1, 0.15) is 31.7 Å². The molecular weight excluding hydrogens is 427 g/mol. The van der Waals surface area contributed by atoms with Gasteiger partial charge in [0.1, 0.15) is 17.7 Å². The van der Waals surface area contributed by atoms with Gasteiger partial charge in [0.2, 0.25) is 0 Å². The number of halogens is 1. The zero-order valence-electron chi connectivity index (χ0n) is 19.8. The molecule has 1 aromatic heterocycles. The number of aromatic nitrogens is 2. The van der Waals surface area contributed by atoms with Crippen LogP contribution in [0.4, 0.5) is 10.1 Å². The number of carbonyl (C=O) groups is 1. The van der Waals surface area contributed by atoms with E-state index >= 15 is 0 Å². The summed E-state index contributed by atoms with van der Waals surface area (Å²) in [6.07, 6.45) is 3.34. The average molecular weight is 455 g/mol. The fourth-order valence-electron chi connectivity index (χ4n) is 5.71. The number of benzene rings is 2. The first-order valence-corrected chi connectivity index (χ1v) is 11.6. The minimum absolute atomic E-state index is 0.0597. The van der Waals surface area contributed by atoms with Crippen molar-refractivity contribution in [3.8, 4) is 23.1 Å². The summed E-state index contributed by atoms with van der Waals surface area (Å²) in [5, 5.41) is 9.64. The molecule has 2 aliphatic rings. The molecule has 0 aliphatic heterocycles. The van der Waals surface area contributed by atoms with Crippen LogP contribution >= 0.6 is 0 Å². The largest absolute Gasteiger partial charge is 0.378 e. The summed E-state index contributed by atoms with van der Waals surface area (Å²) in [7, 11) is 3.99. The van der Waals surface area contributed by atoms with Crippen LogP contribution in [0.25, 0.3) is 17.1 Å². The minimum Gasteiger partial charge on any atom is -0.378 e. The van der Waals surface area contributed by atoms with Crippen molar-refractivity contribution in [2.45, 2.75) is 32.1 Å². The Morgan fingerprint density at radius 3 is 2.59 bits per heavy atom. The highest BCUT2D eigenvalue weighted by atomic mass is 19.1. The average Bonchev–Trinajstić information content (AvgIpc) is 3.22. The fraction of sp³-hybridized carbons (Fsp3) is 0.321. The van der Waals surface area contributed by atoms with Crippen LogP contribution in [-0.4, -0.2) is 29.4 Å². The molecular formula is C28H27FN4O. The van der Waals surface area contributed by atoms with Crippen molar-refractivity contribution in [3.63, 3.8) is 0 Å². The van der Waals surface area contributed by atoms with Gasteiger partial charge in [-0.3, -0.25) is 9.36 Å². The van der Waals surface area contributed by atoms with Crippen LogP contribution in [0, 0.1) is 29.0 Å². The molecule has 1 heterocycles. The van der Waals surface area contributed by atoms with Crippen LogP contribution in [-0.2, 0) is 16.6 Å². The number of ketones is 1. The first kappa shape index (κ1) is 22.1. The lowest BCUT2D eigenvalue weighted by molar-refractivity contribution is -0.121. The van der Waals surface area contributed by atoms with E-state index in [4.69, 9.17) is 4.98 Å². The molecule has 0 radical (unpaired) electrons. The van der Waals surface area contributed by atoms with Crippen molar-refractivity contribution in [1.82, 2.24) is 9.55 Å². The maximum Gasteiger partial charge on any atom is 0.176 e.